The van der Waals surface area contributed by atoms with Crippen LogP contribution in [0.2, 0.25) is 0 Å². The smallest absolute Gasteiger partial charge is 0.274 e. The number of hydrogen-bond donors (Lipinski definition) is 2. The van der Waals surface area contributed by atoms with Crippen LogP contribution in [-0.4, -0.2) is 11.1 Å². The van der Waals surface area contributed by atoms with E-state index in [4.69, 9.17) is 5.21 Å². The van der Waals surface area contributed by atoms with Crippen LogP contribution in [0.3, 0.4) is 0 Å². The van der Waals surface area contributed by atoms with E-state index >= 15 is 0 Å². The van der Waals surface area contributed by atoms with Crippen LogP contribution in [-0.2, 0) is 4.79 Å². The highest BCUT2D eigenvalue weighted by Gasteiger charge is 2.00. The maximum atomic E-state index is 10.8. The third kappa shape index (κ3) is 3.73. The molecule has 0 bridgehead atoms. The Morgan fingerprint density at radius 3 is 2.42 bits per heavy atom. The predicted octanol–water partition coefficient (Wildman–Crippen LogP) is 1.57. The van der Waals surface area contributed by atoms with E-state index in [-0.39, 0.29) is 0 Å². The molecule has 0 saturated carbocycles. The van der Waals surface area contributed by atoms with Gasteiger partial charge in [-0.2, -0.15) is 0 Å². The first-order valence-corrected chi connectivity index (χ1v) is 3.66. The van der Waals surface area contributed by atoms with E-state index < -0.39 is 5.91 Å². The van der Waals surface area contributed by atoms with Gasteiger partial charge in [-0.25, -0.2) is 5.48 Å². The molecule has 0 aromatic heterocycles. The summed E-state index contributed by atoms with van der Waals surface area (Å²) >= 11 is 0. The molecule has 0 aliphatic carbocycles. The minimum absolute atomic E-state index is 0.426. The molecule has 1 amide bonds. The van der Waals surface area contributed by atoms with Gasteiger partial charge in [0.05, 0.1) is 0 Å². The minimum atomic E-state index is -0.502. The average Bonchev–Trinajstić information content (AvgIpc) is 2.11. The molecule has 0 aliphatic heterocycles. The van der Waals surface area contributed by atoms with Gasteiger partial charge in [0.2, 0.25) is 0 Å². The Morgan fingerprint density at radius 1 is 1.33 bits per heavy atom. The molecule has 12 heavy (non-hydrogen) atoms. The molecule has 0 aliphatic rings. The van der Waals surface area contributed by atoms with Crippen molar-refractivity contribution in [1.82, 2.24) is 5.48 Å². The van der Waals surface area contributed by atoms with Gasteiger partial charge in [-0.1, -0.05) is 24.3 Å². The summed E-state index contributed by atoms with van der Waals surface area (Å²) in [5.74, 6) is -0.502. The maximum Gasteiger partial charge on any atom is 0.274 e. The lowest BCUT2D eigenvalue weighted by atomic mass is 10.2. The summed E-state index contributed by atoms with van der Waals surface area (Å²) in [7, 11) is 0. The molecule has 66 valence electrons. The first-order chi connectivity index (χ1) is 5.76. The van der Waals surface area contributed by atoms with Gasteiger partial charge in [0.15, 0.2) is 0 Å². The van der Waals surface area contributed by atoms with Gasteiger partial charge >= 0.3 is 0 Å². The number of carbonyl (C=O) groups excluding carboxylic acids is 1. The lowest BCUT2D eigenvalue weighted by Crippen LogP contribution is -2.19. The highest BCUT2D eigenvalue weighted by molar-refractivity contribution is 5.95. The van der Waals surface area contributed by atoms with E-state index in [0.717, 1.165) is 0 Å². The molecule has 0 radical (unpaired) electrons. The SMILES string of the molecule is C\C=C/C=C\C(=C/C)C(=O)NO. The Kier molecular flexibility index (Phi) is 5.65. The van der Waals surface area contributed by atoms with Crippen LogP contribution in [0, 0.1) is 0 Å². The van der Waals surface area contributed by atoms with Crippen molar-refractivity contribution in [3.05, 3.63) is 36.0 Å². The van der Waals surface area contributed by atoms with Gasteiger partial charge in [-0.05, 0) is 19.9 Å². The fourth-order valence-electron chi connectivity index (χ4n) is 0.638. The number of hydrogen-bond acceptors (Lipinski definition) is 2. The summed E-state index contributed by atoms with van der Waals surface area (Å²) in [4.78, 5) is 10.8. The topological polar surface area (TPSA) is 49.3 Å². The van der Waals surface area contributed by atoms with Crippen LogP contribution >= 0.6 is 0 Å². The summed E-state index contributed by atoms with van der Waals surface area (Å²) in [5.41, 5.74) is 1.99. The van der Waals surface area contributed by atoms with Crippen molar-refractivity contribution in [3.8, 4) is 0 Å². The lowest BCUT2D eigenvalue weighted by Gasteiger charge is -1.95. The summed E-state index contributed by atoms with van der Waals surface area (Å²) in [6.45, 7) is 3.61. The second-order valence-corrected chi connectivity index (χ2v) is 2.07. The first kappa shape index (κ1) is 10.7. The molecule has 0 aromatic rings. The third-order valence-electron chi connectivity index (χ3n) is 1.25. The van der Waals surface area contributed by atoms with Gasteiger partial charge in [0.1, 0.15) is 0 Å². The quantitative estimate of drug-likeness (QED) is 0.290. The molecule has 0 fully saturated rings. The molecule has 0 spiro atoms. The zero-order chi connectivity index (χ0) is 9.40. The second kappa shape index (κ2) is 6.37. The zero-order valence-electron chi connectivity index (χ0n) is 7.24. The van der Waals surface area contributed by atoms with Gasteiger partial charge < -0.3 is 0 Å². The monoisotopic (exact) mass is 167 g/mol. The predicted molar refractivity (Wildman–Crippen MR) is 47.6 cm³/mol. The van der Waals surface area contributed by atoms with Crippen molar-refractivity contribution < 1.29 is 10.0 Å². The summed E-state index contributed by atoms with van der Waals surface area (Å²) < 4.78 is 0. The summed E-state index contributed by atoms with van der Waals surface area (Å²) in [6, 6.07) is 0. The molecular formula is C9H13NO2. The highest BCUT2D eigenvalue weighted by atomic mass is 16.5. The van der Waals surface area contributed by atoms with E-state index in [1.807, 2.05) is 13.0 Å². The van der Waals surface area contributed by atoms with Crippen LogP contribution in [0.4, 0.5) is 0 Å². The van der Waals surface area contributed by atoms with Crippen LogP contribution in [0.15, 0.2) is 36.0 Å². The van der Waals surface area contributed by atoms with Crippen LogP contribution in [0.1, 0.15) is 13.8 Å². The van der Waals surface area contributed by atoms with E-state index in [0.29, 0.717) is 5.57 Å². The fraction of sp³-hybridized carbons (Fsp3) is 0.222. The van der Waals surface area contributed by atoms with Crippen LogP contribution < -0.4 is 5.48 Å². The first-order valence-electron chi connectivity index (χ1n) is 3.66. The molecular weight excluding hydrogens is 154 g/mol. The van der Waals surface area contributed by atoms with Crippen molar-refractivity contribution in [3.63, 3.8) is 0 Å². The summed E-state index contributed by atoms with van der Waals surface area (Å²) in [5, 5.41) is 8.30. The van der Waals surface area contributed by atoms with E-state index in [9.17, 15) is 4.79 Å². The molecule has 0 aromatic carbocycles. The fourth-order valence-corrected chi connectivity index (χ4v) is 0.638. The Morgan fingerprint density at radius 2 is 2.00 bits per heavy atom. The standard InChI is InChI=1S/C9H13NO2/c1-3-5-6-7-8(4-2)9(11)10-12/h3-7,12H,1-2H3,(H,10,11)/b5-3-,7-6-,8-4+. The van der Waals surface area contributed by atoms with Crippen molar-refractivity contribution in [1.29, 1.82) is 0 Å². The van der Waals surface area contributed by atoms with E-state index in [1.54, 1.807) is 36.7 Å². The van der Waals surface area contributed by atoms with Crippen molar-refractivity contribution in [2.75, 3.05) is 0 Å². The lowest BCUT2D eigenvalue weighted by molar-refractivity contribution is -0.124. The van der Waals surface area contributed by atoms with Crippen LogP contribution in [0.5, 0.6) is 0 Å². The maximum absolute atomic E-state index is 10.8. The Balaban J connectivity index is 4.29. The van der Waals surface area contributed by atoms with Crippen molar-refractivity contribution >= 4 is 5.91 Å². The molecule has 3 heteroatoms. The largest absolute Gasteiger partial charge is 0.288 e. The zero-order valence-corrected chi connectivity index (χ0v) is 7.24. The highest BCUT2D eigenvalue weighted by Crippen LogP contribution is 1.96. The molecule has 0 unspecified atom stereocenters. The Hall–Kier alpha value is -1.35. The molecule has 0 saturated heterocycles. The van der Waals surface area contributed by atoms with Crippen LogP contribution in [0.25, 0.3) is 0 Å². The van der Waals surface area contributed by atoms with Gasteiger partial charge in [0, 0.05) is 5.57 Å². The van der Waals surface area contributed by atoms with Gasteiger partial charge in [-0.3, -0.25) is 10.0 Å². The minimum Gasteiger partial charge on any atom is -0.288 e. The number of allylic oxidation sites excluding steroid dienone is 4. The van der Waals surface area contributed by atoms with Gasteiger partial charge in [0.25, 0.3) is 5.91 Å². The number of carbonyl (C=O) groups is 1. The number of rotatable bonds is 3. The molecule has 0 atom stereocenters. The Bertz CT molecular complexity index is 227. The molecule has 0 rings (SSSR count). The summed E-state index contributed by atoms with van der Waals surface area (Å²) in [6.07, 6.45) is 8.61. The van der Waals surface area contributed by atoms with Gasteiger partial charge in [-0.15, -0.1) is 0 Å². The van der Waals surface area contributed by atoms with Crippen molar-refractivity contribution in [2.24, 2.45) is 0 Å². The van der Waals surface area contributed by atoms with E-state index in [2.05, 4.69) is 0 Å². The molecule has 2 N–H and O–H groups in total. The average molecular weight is 167 g/mol. The number of nitrogens with one attached hydrogen (secondary N) is 1. The van der Waals surface area contributed by atoms with E-state index in [1.165, 1.54) is 0 Å². The number of amides is 1. The second-order valence-electron chi connectivity index (χ2n) is 2.07. The Labute approximate surface area is 72.0 Å². The molecule has 0 heterocycles. The van der Waals surface area contributed by atoms with Crippen molar-refractivity contribution in [2.45, 2.75) is 13.8 Å². The normalized spacial score (nSPS) is 12.8. The molecule has 3 nitrogen and oxygen atoms in total. The third-order valence-corrected chi connectivity index (χ3v) is 1.25. The number of hydroxylamine groups is 1.